The van der Waals surface area contributed by atoms with Crippen LogP contribution in [-0.4, -0.2) is 40.7 Å². The van der Waals surface area contributed by atoms with Gasteiger partial charge in [0.1, 0.15) is 18.9 Å². The Balaban J connectivity index is 0.00000324. The second kappa shape index (κ2) is 8.13. The van der Waals surface area contributed by atoms with Crippen molar-refractivity contribution in [2.24, 2.45) is 7.05 Å². The predicted octanol–water partition coefficient (Wildman–Crippen LogP) is -2.44. The third-order valence-electron chi connectivity index (χ3n) is 2.46. The summed E-state index contributed by atoms with van der Waals surface area (Å²) in [7, 11) is 1.83. The lowest BCUT2D eigenvalue weighted by atomic mass is 10.3. The van der Waals surface area contributed by atoms with Crippen LogP contribution in [0.4, 0.5) is 4.79 Å². The number of carbonyl (C=O) groups excluding carboxylic acids is 2. The number of hydrogen-bond acceptors (Lipinski definition) is 3. The lowest BCUT2D eigenvalue weighted by Gasteiger charge is -2.22. The van der Waals surface area contributed by atoms with Gasteiger partial charge in [-0.2, -0.15) is 4.57 Å². The monoisotopic (exact) mass is 381 g/mol. The molecule has 0 radical (unpaired) electrons. The molecule has 1 aromatic rings. The predicted molar refractivity (Wildman–Crippen MR) is 64.9 cm³/mol. The summed E-state index contributed by atoms with van der Waals surface area (Å²) in [6, 6.07) is -0.312. The molecule has 1 amide bonds. The van der Waals surface area contributed by atoms with Gasteiger partial charge in [0.15, 0.2) is 0 Å². The zero-order chi connectivity index (χ0) is 13.7. The SMILES string of the molecule is CCOC(=O)CN(C(=O)n1cc[n+](C)c1)C(C)C.[I-]. The van der Waals surface area contributed by atoms with Crippen LogP contribution in [0.5, 0.6) is 0 Å². The van der Waals surface area contributed by atoms with Crippen LogP contribution in [-0.2, 0) is 16.6 Å². The van der Waals surface area contributed by atoms with Gasteiger partial charge in [0.2, 0.25) is 0 Å². The molecule has 0 fully saturated rings. The largest absolute Gasteiger partial charge is 1.00 e. The van der Waals surface area contributed by atoms with Crippen LogP contribution < -0.4 is 28.5 Å². The van der Waals surface area contributed by atoms with Crippen LogP contribution in [0.25, 0.3) is 0 Å². The van der Waals surface area contributed by atoms with Crippen LogP contribution in [0.2, 0.25) is 0 Å². The molecule has 0 saturated heterocycles. The molecule has 0 aromatic carbocycles. The summed E-state index contributed by atoms with van der Waals surface area (Å²) in [5, 5.41) is 0. The summed E-state index contributed by atoms with van der Waals surface area (Å²) in [6.07, 6.45) is 5.08. The molecular formula is C12H20IN3O3. The minimum absolute atomic E-state index is 0. The van der Waals surface area contributed by atoms with E-state index in [1.807, 2.05) is 20.9 Å². The van der Waals surface area contributed by atoms with Crippen molar-refractivity contribution in [1.82, 2.24) is 9.47 Å². The third-order valence-corrected chi connectivity index (χ3v) is 2.46. The van der Waals surface area contributed by atoms with Gasteiger partial charge in [0.05, 0.1) is 13.7 Å². The molecule has 0 saturated carbocycles. The summed E-state index contributed by atoms with van der Waals surface area (Å²) < 4.78 is 8.07. The van der Waals surface area contributed by atoms with E-state index in [9.17, 15) is 9.59 Å². The minimum atomic E-state index is -0.393. The molecule has 6 nitrogen and oxygen atoms in total. The number of carbonyl (C=O) groups is 2. The van der Waals surface area contributed by atoms with Crippen molar-refractivity contribution in [2.45, 2.75) is 26.8 Å². The highest BCUT2D eigenvalue weighted by molar-refractivity contribution is 5.82. The van der Waals surface area contributed by atoms with Gasteiger partial charge in [-0.1, -0.05) is 0 Å². The van der Waals surface area contributed by atoms with Crippen molar-refractivity contribution in [3.63, 3.8) is 0 Å². The number of ether oxygens (including phenoxy) is 1. The van der Waals surface area contributed by atoms with Crippen molar-refractivity contribution < 1.29 is 42.9 Å². The molecule has 0 N–H and O–H groups in total. The van der Waals surface area contributed by atoms with E-state index in [1.54, 1.807) is 30.2 Å². The molecule has 0 bridgehead atoms. The maximum absolute atomic E-state index is 12.2. The minimum Gasteiger partial charge on any atom is -1.00 e. The van der Waals surface area contributed by atoms with Gasteiger partial charge >= 0.3 is 12.0 Å². The van der Waals surface area contributed by atoms with Crippen LogP contribution in [0.15, 0.2) is 18.7 Å². The van der Waals surface area contributed by atoms with E-state index in [-0.39, 0.29) is 42.6 Å². The van der Waals surface area contributed by atoms with Crippen LogP contribution in [0.1, 0.15) is 20.8 Å². The zero-order valence-electron chi connectivity index (χ0n) is 11.7. The molecule has 0 atom stereocenters. The van der Waals surface area contributed by atoms with Crippen LogP contribution in [0.3, 0.4) is 0 Å². The Bertz CT molecular complexity index is 432. The Hall–Kier alpha value is -1.12. The first-order valence-corrected chi connectivity index (χ1v) is 5.95. The number of aryl methyl sites for hydroxylation is 1. The Morgan fingerprint density at radius 1 is 1.42 bits per heavy atom. The quantitative estimate of drug-likeness (QED) is 0.331. The zero-order valence-corrected chi connectivity index (χ0v) is 13.8. The molecule has 0 aliphatic carbocycles. The van der Waals surface area contributed by atoms with Gasteiger partial charge in [0, 0.05) is 6.04 Å². The number of nitrogens with zero attached hydrogens (tertiary/aromatic N) is 3. The van der Waals surface area contributed by atoms with E-state index in [1.165, 1.54) is 9.47 Å². The van der Waals surface area contributed by atoms with E-state index >= 15 is 0 Å². The van der Waals surface area contributed by atoms with Gasteiger partial charge in [0.25, 0.3) is 6.33 Å². The maximum atomic E-state index is 12.2. The molecule has 108 valence electrons. The molecule has 1 rings (SSSR count). The Morgan fingerprint density at radius 2 is 2.05 bits per heavy atom. The smallest absolute Gasteiger partial charge is 0.416 e. The van der Waals surface area contributed by atoms with E-state index in [0.717, 1.165) is 0 Å². The maximum Gasteiger partial charge on any atom is 0.416 e. The first kappa shape index (κ1) is 17.9. The summed E-state index contributed by atoms with van der Waals surface area (Å²) >= 11 is 0. The number of aromatic nitrogens is 2. The summed E-state index contributed by atoms with van der Waals surface area (Å²) in [4.78, 5) is 25.1. The molecule has 0 aliphatic rings. The van der Waals surface area contributed by atoms with Crippen LogP contribution >= 0.6 is 0 Å². The topological polar surface area (TPSA) is 55.4 Å². The fraction of sp³-hybridized carbons (Fsp3) is 0.583. The van der Waals surface area contributed by atoms with Gasteiger partial charge in [-0.3, -0.25) is 9.69 Å². The standard InChI is InChI=1S/C12H20N3O3.HI/c1-5-18-11(16)8-15(10(2)3)12(17)14-7-6-13(4)9-14;/h6-7,9-10H,5,8H2,1-4H3;1H/q+1;/p-1. The van der Waals surface area contributed by atoms with Crippen molar-refractivity contribution in [3.05, 3.63) is 18.7 Å². The third kappa shape index (κ3) is 5.17. The molecule has 19 heavy (non-hydrogen) atoms. The summed E-state index contributed by atoms with van der Waals surface area (Å²) in [6.45, 7) is 5.75. The van der Waals surface area contributed by atoms with E-state index in [0.29, 0.717) is 6.61 Å². The van der Waals surface area contributed by atoms with E-state index in [2.05, 4.69) is 0 Å². The first-order valence-electron chi connectivity index (χ1n) is 5.95. The average Bonchev–Trinajstić information content (AvgIpc) is 2.72. The molecule has 1 aromatic heterocycles. The molecule has 0 spiro atoms. The van der Waals surface area contributed by atoms with Gasteiger partial charge in [-0.15, -0.1) is 0 Å². The Kier molecular flexibility index (Phi) is 7.65. The Morgan fingerprint density at radius 3 is 2.47 bits per heavy atom. The van der Waals surface area contributed by atoms with E-state index in [4.69, 9.17) is 4.74 Å². The second-order valence-electron chi connectivity index (χ2n) is 4.30. The number of hydrogen-bond donors (Lipinski definition) is 0. The molecular weight excluding hydrogens is 361 g/mol. The lowest BCUT2D eigenvalue weighted by molar-refractivity contribution is -0.670. The summed E-state index contributed by atoms with van der Waals surface area (Å²) in [5.74, 6) is -0.393. The first-order chi connectivity index (χ1) is 8.45. The number of amides is 1. The van der Waals surface area contributed by atoms with Crippen molar-refractivity contribution in [1.29, 1.82) is 0 Å². The number of rotatable bonds is 4. The van der Waals surface area contributed by atoms with Crippen LogP contribution in [0, 0.1) is 0 Å². The molecule has 0 unspecified atom stereocenters. The second-order valence-corrected chi connectivity index (χ2v) is 4.30. The van der Waals surface area contributed by atoms with Crippen molar-refractivity contribution >= 4 is 12.0 Å². The number of imidazole rings is 1. The fourth-order valence-electron chi connectivity index (χ4n) is 1.53. The van der Waals surface area contributed by atoms with Gasteiger partial charge in [-0.05, 0) is 20.8 Å². The Labute approximate surface area is 130 Å². The highest BCUT2D eigenvalue weighted by atomic mass is 127. The number of halogens is 1. The lowest BCUT2D eigenvalue weighted by Crippen LogP contribution is -3.00. The van der Waals surface area contributed by atoms with Gasteiger partial charge < -0.3 is 28.7 Å². The average molecular weight is 381 g/mol. The molecule has 7 heteroatoms. The highest BCUT2D eigenvalue weighted by Crippen LogP contribution is 2.03. The normalized spacial score (nSPS) is 9.95. The van der Waals surface area contributed by atoms with E-state index < -0.39 is 5.97 Å². The van der Waals surface area contributed by atoms with Crippen molar-refractivity contribution in [3.8, 4) is 0 Å². The highest BCUT2D eigenvalue weighted by Gasteiger charge is 2.25. The fourth-order valence-corrected chi connectivity index (χ4v) is 1.53. The molecule has 1 heterocycles. The summed E-state index contributed by atoms with van der Waals surface area (Å²) in [5.41, 5.74) is 0. The number of esters is 1. The molecule has 0 aliphatic heterocycles. The van der Waals surface area contributed by atoms with Gasteiger partial charge in [-0.25, -0.2) is 9.36 Å². The van der Waals surface area contributed by atoms with Crippen molar-refractivity contribution in [2.75, 3.05) is 13.2 Å².